The molecule has 28 heavy (non-hydrogen) atoms. The number of aromatic nitrogens is 2. The number of benzene rings is 2. The molecule has 3 rings (SSSR count). The van der Waals surface area contributed by atoms with Gasteiger partial charge in [0.1, 0.15) is 5.75 Å². The van der Waals surface area contributed by atoms with Gasteiger partial charge in [0.2, 0.25) is 5.95 Å². The van der Waals surface area contributed by atoms with Crippen LogP contribution in [0.25, 0.3) is 0 Å². The number of nitrogens with zero attached hydrogens (tertiary/aromatic N) is 2. The van der Waals surface area contributed by atoms with E-state index in [1.165, 1.54) is 23.5 Å². The molecule has 0 aliphatic rings. The molecule has 1 aromatic heterocycles. The van der Waals surface area contributed by atoms with E-state index in [9.17, 15) is 4.79 Å². The number of rotatable bonds is 8. The van der Waals surface area contributed by atoms with Crippen LogP contribution in [0.4, 0.5) is 5.95 Å². The molecule has 6 heteroatoms. The van der Waals surface area contributed by atoms with Crippen molar-refractivity contribution in [3.8, 4) is 5.75 Å². The molecule has 0 saturated heterocycles. The van der Waals surface area contributed by atoms with Crippen LogP contribution < -0.4 is 15.4 Å². The zero-order valence-corrected chi connectivity index (χ0v) is 16.1. The molecular formula is C22H24N4O2. The molecule has 144 valence electrons. The first-order valence-corrected chi connectivity index (χ1v) is 9.17. The van der Waals surface area contributed by atoms with Crippen LogP contribution in [0.3, 0.4) is 0 Å². The summed E-state index contributed by atoms with van der Waals surface area (Å²) in [5, 5.41) is 6.07. The largest absolute Gasteiger partial charge is 0.497 e. The lowest BCUT2D eigenvalue weighted by Gasteiger charge is -2.09. The number of methoxy groups -OCH3 is 1. The van der Waals surface area contributed by atoms with Crippen molar-refractivity contribution < 1.29 is 9.53 Å². The average molecular weight is 376 g/mol. The third-order valence-electron chi connectivity index (χ3n) is 4.45. The van der Waals surface area contributed by atoms with E-state index < -0.39 is 0 Å². The van der Waals surface area contributed by atoms with Gasteiger partial charge in [0.25, 0.3) is 5.91 Å². The van der Waals surface area contributed by atoms with Crippen LogP contribution in [0.5, 0.6) is 5.75 Å². The molecule has 0 spiro atoms. The van der Waals surface area contributed by atoms with Crippen molar-refractivity contribution in [1.82, 2.24) is 15.3 Å². The lowest BCUT2D eigenvalue weighted by Crippen LogP contribution is -2.26. The van der Waals surface area contributed by atoms with Crippen LogP contribution in [0.15, 0.2) is 60.9 Å². The topological polar surface area (TPSA) is 76.1 Å². The Kier molecular flexibility index (Phi) is 6.57. The molecule has 1 heterocycles. The van der Waals surface area contributed by atoms with Crippen molar-refractivity contribution in [1.29, 1.82) is 0 Å². The molecule has 2 aromatic carbocycles. The zero-order chi connectivity index (χ0) is 19.8. The van der Waals surface area contributed by atoms with Gasteiger partial charge < -0.3 is 15.4 Å². The molecule has 0 bridgehead atoms. The van der Waals surface area contributed by atoms with Gasteiger partial charge in [0, 0.05) is 25.5 Å². The molecule has 2 N–H and O–H groups in total. The maximum atomic E-state index is 12.3. The smallest absolute Gasteiger partial charge is 0.254 e. The summed E-state index contributed by atoms with van der Waals surface area (Å²) < 4.78 is 5.21. The Hall–Kier alpha value is -3.41. The van der Waals surface area contributed by atoms with Crippen molar-refractivity contribution in [2.24, 2.45) is 0 Å². The summed E-state index contributed by atoms with van der Waals surface area (Å²) in [4.78, 5) is 20.7. The molecule has 6 nitrogen and oxygen atoms in total. The highest BCUT2D eigenvalue weighted by Crippen LogP contribution is 2.13. The fraction of sp³-hybridized carbons (Fsp3) is 0.227. The molecule has 0 aliphatic carbocycles. The second-order valence-corrected chi connectivity index (χ2v) is 6.43. The fourth-order valence-electron chi connectivity index (χ4n) is 2.77. The standard InChI is InChI=1S/C22H24N4O2/c1-16-6-3-4-8-18(16)13-24-22-25-14-19(15-26-22)21(27)23-11-10-17-7-5-9-20(12-17)28-2/h3-9,12,14-15H,10-11,13H2,1-2H3,(H,23,27)(H,24,25,26). The predicted octanol–water partition coefficient (Wildman–Crippen LogP) is 3.38. The van der Waals surface area contributed by atoms with Crippen molar-refractivity contribution in [2.75, 3.05) is 19.0 Å². The molecule has 0 atom stereocenters. The summed E-state index contributed by atoms with van der Waals surface area (Å²) in [6.45, 7) is 3.23. The first-order valence-electron chi connectivity index (χ1n) is 9.17. The second kappa shape index (κ2) is 9.50. The summed E-state index contributed by atoms with van der Waals surface area (Å²) in [7, 11) is 1.64. The van der Waals surface area contributed by atoms with E-state index in [-0.39, 0.29) is 5.91 Å². The third kappa shape index (κ3) is 5.30. The zero-order valence-electron chi connectivity index (χ0n) is 16.1. The first kappa shape index (κ1) is 19.4. The number of aryl methyl sites for hydroxylation is 1. The third-order valence-corrected chi connectivity index (χ3v) is 4.45. The maximum absolute atomic E-state index is 12.3. The van der Waals surface area contributed by atoms with Gasteiger partial charge >= 0.3 is 0 Å². The first-order chi connectivity index (χ1) is 13.7. The summed E-state index contributed by atoms with van der Waals surface area (Å²) >= 11 is 0. The Morgan fingerprint density at radius 1 is 1.07 bits per heavy atom. The van der Waals surface area contributed by atoms with Gasteiger partial charge in [-0.2, -0.15) is 0 Å². The highest BCUT2D eigenvalue weighted by atomic mass is 16.5. The molecule has 0 fully saturated rings. The van der Waals surface area contributed by atoms with Crippen LogP contribution in [0.2, 0.25) is 0 Å². The van der Waals surface area contributed by atoms with E-state index in [2.05, 4.69) is 39.7 Å². The van der Waals surface area contributed by atoms with Gasteiger partial charge in [0.05, 0.1) is 12.7 Å². The molecule has 0 radical (unpaired) electrons. The van der Waals surface area contributed by atoms with Crippen LogP contribution in [-0.2, 0) is 13.0 Å². The number of amides is 1. The van der Waals surface area contributed by atoms with Gasteiger partial charge in [0.15, 0.2) is 0 Å². The van der Waals surface area contributed by atoms with Crippen molar-refractivity contribution in [3.05, 3.63) is 83.2 Å². The Morgan fingerprint density at radius 2 is 1.86 bits per heavy atom. The van der Waals surface area contributed by atoms with Crippen LogP contribution in [-0.4, -0.2) is 29.5 Å². The Labute approximate surface area is 165 Å². The summed E-state index contributed by atoms with van der Waals surface area (Å²) in [5.41, 5.74) is 3.94. The minimum absolute atomic E-state index is 0.187. The minimum atomic E-state index is -0.187. The molecule has 0 unspecified atom stereocenters. The van der Waals surface area contributed by atoms with Gasteiger partial charge in [-0.3, -0.25) is 4.79 Å². The van der Waals surface area contributed by atoms with E-state index in [4.69, 9.17) is 4.74 Å². The van der Waals surface area contributed by atoms with Gasteiger partial charge in [-0.05, 0) is 42.2 Å². The Balaban J connectivity index is 1.48. The summed E-state index contributed by atoms with van der Waals surface area (Å²) in [6.07, 6.45) is 3.79. The summed E-state index contributed by atoms with van der Waals surface area (Å²) in [5.74, 6) is 1.12. The number of hydrogen-bond acceptors (Lipinski definition) is 5. The number of nitrogens with one attached hydrogen (secondary N) is 2. The normalized spacial score (nSPS) is 10.4. The van der Waals surface area contributed by atoms with Gasteiger partial charge in [-0.1, -0.05) is 36.4 Å². The molecule has 1 amide bonds. The van der Waals surface area contributed by atoms with Crippen LogP contribution in [0.1, 0.15) is 27.0 Å². The number of ether oxygens (including phenoxy) is 1. The van der Waals surface area contributed by atoms with Gasteiger partial charge in [-0.25, -0.2) is 9.97 Å². The average Bonchev–Trinajstić information content (AvgIpc) is 2.73. The maximum Gasteiger partial charge on any atom is 0.254 e. The highest BCUT2D eigenvalue weighted by molar-refractivity contribution is 5.93. The molecule has 3 aromatic rings. The summed E-state index contributed by atoms with van der Waals surface area (Å²) in [6, 6.07) is 15.9. The van der Waals surface area contributed by atoms with E-state index in [0.717, 1.165) is 17.7 Å². The fourth-order valence-corrected chi connectivity index (χ4v) is 2.77. The van der Waals surface area contributed by atoms with E-state index in [0.29, 0.717) is 24.6 Å². The predicted molar refractivity (Wildman–Crippen MR) is 110 cm³/mol. The van der Waals surface area contributed by atoms with E-state index in [1.54, 1.807) is 7.11 Å². The van der Waals surface area contributed by atoms with E-state index in [1.807, 2.05) is 36.4 Å². The van der Waals surface area contributed by atoms with Crippen molar-refractivity contribution >= 4 is 11.9 Å². The number of anilines is 1. The highest BCUT2D eigenvalue weighted by Gasteiger charge is 2.07. The van der Waals surface area contributed by atoms with Crippen LogP contribution in [0, 0.1) is 6.92 Å². The molecular weight excluding hydrogens is 352 g/mol. The SMILES string of the molecule is COc1cccc(CCNC(=O)c2cnc(NCc3ccccc3C)nc2)c1. The number of carbonyl (C=O) groups excluding carboxylic acids is 1. The monoisotopic (exact) mass is 376 g/mol. The van der Waals surface area contributed by atoms with Gasteiger partial charge in [-0.15, -0.1) is 0 Å². The van der Waals surface area contributed by atoms with Crippen molar-refractivity contribution in [2.45, 2.75) is 19.9 Å². The molecule has 0 saturated carbocycles. The minimum Gasteiger partial charge on any atom is -0.497 e. The van der Waals surface area contributed by atoms with Crippen molar-refractivity contribution in [3.63, 3.8) is 0 Å². The quantitative estimate of drug-likeness (QED) is 0.630. The van der Waals surface area contributed by atoms with E-state index >= 15 is 0 Å². The number of hydrogen-bond donors (Lipinski definition) is 2. The Morgan fingerprint density at radius 3 is 2.61 bits per heavy atom. The van der Waals surface area contributed by atoms with Crippen LogP contribution >= 0.6 is 0 Å². The number of carbonyl (C=O) groups is 1. The molecule has 0 aliphatic heterocycles. The second-order valence-electron chi connectivity index (χ2n) is 6.43. The lowest BCUT2D eigenvalue weighted by atomic mass is 10.1. The lowest BCUT2D eigenvalue weighted by molar-refractivity contribution is 0.0953. The Bertz CT molecular complexity index is 926.